The number of hydrogen-bond acceptors (Lipinski definition) is 2. The molecular formula is C14H26N2. The Balaban J connectivity index is 2.48. The Morgan fingerprint density at radius 3 is 2.38 bits per heavy atom. The van der Waals surface area contributed by atoms with Crippen LogP contribution in [0.5, 0.6) is 0 Å². The molecule has 1 aliphatic carbocycles. The molecule has 0 spiro atoms. The normalized spacial score (nSPS) is 20.9. The highest BCUT2D eigenvalue weighted by molar-refractivity contribution is 4.93. The van der Waals surface area contributed by atoms with E-state index in [0.717, 1.165) is 18.9 Å². The first-order valence-electron chi connectivity index (χ1n) is 6.75. The fraction of sp³-hybridized carbons (Fsp3) is 0.929. The SMILES string of the molecule is CCC(C#N)NCC1(CC(C)C)CCCC1. The van der Waals surface area contributed by atoms with Crippen molar-refractivity contribution in [3.63, 3.8) is 0 Å². The van der Waals surface area contributed by atoms with E-state index in [1.54, 1.807) is 0 Å². The summed E-state index contributed by atoms with van der Waals surface area (Å²) >= 11 is 0. The average Bonchev–Trinajstić information content (AvgIpc) is 2.67. The molecule has 1 saturated carbocycles. The molecule has 92 valence electrons. The minimum absolute atomic E-state index is 0.0460. The zero-order valence-electron chi connectivity index (χ0n) is 11.1. The third-order valence-corrected chi connectivity index (χ3v) is 3.79. The van der Waals surface area contributed by atoms with Crippen LogP contribution in [0.3, 0.4) is 0 Å². The molecule has 1 rings (SSSR count). The van der Waals surface area contributed by atoms with E-state index >= 15 is 0 Å². The number of nitrogens with one attached hydrogen (secondary N) is 1. The van der Waals surface area contributed by atoms with E-state index in [1.807, 2.05) is 0 Å². The highest BCUT2D eigenvalue weighted by atomic mass is 14.9. The van der Waals surface area contributed by atoms with Gasteiger partial charge in [-0.15, -0.1) is 0 Å². The summed E-state index contributed by atoms with van der Waals surface area (Å²) < 4.78 is 0. The molecule has 1 N–H and O–H groups in total. The van der Waals surface area contributed by atoms with Crippen molar-refractivity contribution in [3.8, 4) is 6.07 Å². The molecule has 0 radical (unpaired) electrons. The van der Waals surface area contributed by atoms with Crippen molar-refractivity contribution in [1.82, 2.24) is 5.32 Å². The van der Waals surface area contributed by atoms with Crippen molar-refractivity contribution in [2.75, 3.05) is 6.54 Å². The van der Waals surface area contributed by atoms with Gasteiger partial charge in [-0.25, -0.2) is 0 Å². The highest BCUT2D eigenvalue weighted by Crippen LogP contribution is 2.42. The maximum atomic E-state index is 8.95. The second kappa shape index (κ2) is 6.25. The molecule has 0 heterocycles. The fourth-order valence-corrected chi connectivity index (χ4v) is 3.07. The van der Waals surface area contributed by atoms with E-state index < -0.39 is 0 Å². The van der Waals surface area contributed by atoms with Gasteiger partial charge >= 0.3 is 0 Å². The van der Waals surface area contributed by atoms with Crippen LogP contribution in [0.15, 0.2) is 0 Å². The molecule has 0 aromatic rings. The van der Waals surface area contributed by atoms with Gasteiger partial charge in [0.15, 0.2) is 0 Å². The van der Waals surface area contributed by atoms with Gasteiger partial charge < -0.3 is 5.32 Å². The third kappa shape index (κ3) is 3.79. The summed E-state index contributed by atoms with van der Waals surface area (Å²) in [5, 5.41) is 12.4. The lowest BCUT2D eigenvalue weighted by atomic mass is 9.78. The lowest BCUT2D eigenvalue weighted by Crippen LogP contribution is -2.38. The second-order valence-electron chi connectivity index (χ2n) is 5.78. The molecule has 1 fully saturated rings. The quantitative estimate of drug-likeness (QED) is 0.747. The molecule has 1 unspecified atom stereocenters. The number of hydrogen-bond donors (Lipinski definition) is 1. The van der Waals surface area contributed by atoms with Crippen LogP contribution in [-0.2, 0) is 0 Å². The standard InChI is InChI=1S/C14H26N2/c1-4-13(10-15)16-11-14(9-12(2)3)7-5-6-8-14/h12-13,16H,4-9,11H2,1-3H3. The van der Waals surface area contributed by atoms with Crippen molar-refractivity contribution in [1.29, 1.82) is 5.26 Å². The van der Waals surface area contributed by atoms with Crippen LogP contribution in [0.4, 0.5) is 0 Å². The van der Waals surface area contributed by atoms with Crippen LogP contribution < -0.4 is 5.32 Å². The van der Waals surface area contributed by atoms with E-state index in [0.29, 0.717) is 5.41 Å². The van der Waals surface area contributed by atoms with Crippen LogP contribution >= 0.6 is 0 Å². The molecule has 0 saturated heterocycles. The van der Waals surface area contributed by atoms with Crippen molar-refractivity contribution in [3.05, 3.63) is 0 Å². The van der Waals surface area contributed by atoms with Gasteiger partial charge in [-0.2, -0.15) is 5.26 Å². The van der Waals surface area contributed by atoms with E-state index in [9.17, 15) is 0 Å². The minimum Gasteiger partial charge on any atom is -0.301 e. The molecule has 2 nitrogen and oxygen atoms in total. The number of nitriles is 1. The predicted octanol–water partition coefficient (Wildman–Crippen LogP) is 3.48. The topological polar surface area (TPSA) is 35.8 Å². The number of nitrogens with zero attached hydrogens (tertiary/aromatic N) is 1. The summed E-state index contributed by atoms with van der Waals surface area (Å²) in [6.07, 6.45) is 7.66. The Morgan fingerprint density at radius 2 is 1.94 bits per heavy atom. The lowest BCUT2D eigenvalue weighted by Gasteiger charge is -2.32. The van der Waals surface area contributed by atoms with Crippen LogP contribution in [0, 0.1) is 22.7 Å². The Labute approximate surface area is 100 Å². The van der Waals surface area contributed by atoms with Crippen molar-refractivity contribution in [2.45, 2.75) is 65.3 Å². The smallest absolute Gasteiger partial charge is 0.0950 e. The first kappa shape index (κ1) is 13.5. The van der Waals surface area contributed by atoms with Crippen LogP contribution in [0.2, 0.25) is 0 Å². The summed E-state index contributed by atoms with van der Waals surface area (Å²) in [6, 6.07) is 2.38. The lowest BCUT2D eigenvalue weighted by molar-refractivity contribution is 0.219. The fourth-order valence-electron chi connectivity index (χ4n) is 3.07. The molecular weight excluding hydrogens is 196 g/mol. The zero-order chi connectivity index (χ0) is 12.0. The van der Waals surface area contributed by atoms with Crippen molar-refractivity contribution in [2.24, 2.45) is 11.3 Å². The second-order valence-corrected chi connectivity index (χ2v) is 5.78. The van der Waals surface area contributed by atoms with E-state index in [2.05, 4.69) is 32.2 Å². The summed E-state index contributed by atoms with van der Waals surface area (Å²) in [7, 11) is 0. The van der Waals surface area contributed by atoms with E-state index in [-0.39, 0.29) is 6.04 Å². The summed E-state index contributed by atoms with van der Waals surface area (Å²) in [6.45, 7) is 7.73. The first-order chi connectivity index (χ1) is 7.62. The average molecular weight is 222 g/mol. The number of rotatable bonds is 6. The van der Waals surface area contributed by atoms with Gasteiger partial charge in [0, 0.05) is 6.54 Å². The maximum Gasteiger partial charge on any atom is 0.0950 e. The first-order valence-corrected chi connectivity index (χ1v) is 6.75. The molecule has 1 aliphatic rings. The van der Waals surface area contributed by atoms with Crippen LogP contribution in [-0.4, -0.2) is 12.6 Å². The van der Waals surface area contributed by atoms with Gasteiger partial charge in [0.05, 0.1) is 12.1 Å². The van der Waals surface area contributed by atoms with Gasteiger partial charge in [-0.3, -0.25) is 0 Å². The van der Waals surface area contributed by atoms with Gasteiger partial charge in [-0.1, -0.05) is 33.6 Å². The van der Waals surface area contributed by atoms with Crippen LogP contribution in [0.1, 0.15) is 59.3 Å². The maximum absolute atomic E-state index is 8.95. The molecule has 1 atom stereocenters. The highest BCUT2D eigenvalue weighted by Gasteiger charge is 2.34. The molecule has 16 heavy (non-hydrogen) atoms. The summed E-state index contributed by atoms with van der Waals surface area (Å²) in [5.74, 6) is 0.766. The zero-order valence-corrected chi connectivity index (χ0v) is 11.1. The van der Waals surface area contributed by atoms with Crippen LogP contribution in [0.25, 0.3) is 0 Å². The molecule has 2 heteroatoms. The van der Waals surface area contributed by atoms with Crippen molar-refractivity contribution >= 4 is 0 Å². The van der Waals surface area contributed by atoms with Gasteiger partial charge in [0.2, 0.25) is 0 Å². The predicted molar refractivity (Wildman–Crippen MR) is 68.1 cm³/mol. The molecule has 0 aromatic heterocycles. The molecule has 0 amide bonds. The van der Waals surface area contributed by atoms with Gasteiger partial charge in [0.1, 0.15) is 0 Å². The third-order valence-electron chi connectivity index (χ3n) is 3.79. The molecule has 0 aliphatic heterocycles. The summed E-state index contributed by atoms with van der Waals surface area (Å²) in [5.41, 5.74) is 0.485. The summed E-state index contributed by atoms with van der Waals surface area (Å²) in [4.78, 5) is 0. The van der Waals surface area contributed by atoms with E-state index in [1.165, 1.54) is 32.1 Å². The van der Waals surface area contributed by atoms with Gasteiger partial charge in [0.25, 0.3) is 0 Å². The minimum atomic E-state index is 0.0460. The monoisotopic (exact) mass is 222 g/mol. The largest absolute Gasteiger partial charge is 0.301 e. The Bertz CT molecular complexity index is 234. The molecule has 0 bridgehead atoms. The van der Waals surface area contributed by atoms with Gasteiger partial charge in [-0.05, 0) is 37.0 Å². The van der Waals surface area contributed by atoms with Crippen molar-refractivity contribution < 1.29 is 0 Å². The Kier molecular flexibility index (Phi) is 5.28. The Morgan fingerprint density at radius 1 is 1.31 bits per heavy atom. The Hall–Kier alpha value is -0.550. The molecule has 0 aromatic carbocycles. The van der Waals surface area contributed by atoms with E-state index in [4.69, 9.17) is 5.26 Å².